The lowest BCUT2D eigenvalue weighted by Crippen LogP contribution is -2.21. The first kappa shape index (κ1) is 11.6. The molecule has 2 aliphatic rings. The molecule has 2 fully saturated rings. The van der Waals surface area contributed by atoms with E-state index < -0.39 is 0 Å². The highest BCUT2D eigenvalue weighted by atomic mass is 32.1. The normalized spacial score (nSPS) is 26.9. The van der Waals surface area contributed by atoms with Gasteiger partial charge in [0.05, 0.1) is 12.1 Å². The maximum Gasteiger partial charge on any atom is 0.258 e. The van der Waals surface area contributed by atoms with Crippen LogP contribution in [0.3, 0.4) is 0 Å². The van der Waals surface area contributed by atoms with Gasteiger partial charge in [-0.15, -0.1) is 0 Å². The number of thiophene rings is 1. The summed E-state index contributed by atoms with van der Waals surface area (Å²) in [5.41, 5.74) is 1.03. The Labute approximate surface area is 116 Å². The van der Waals surface area contributed by atoms with E-state index >= 15 is 0 Å². The number of rotatable bonds is 3. The molecule has 19 heavy (non-hydrogen) atoms. The van der Waals surface area contributed by atoms with Crippen LogP contribution in [0.25, 0.3) is 11.5 Å². The molecule has 5 heteroatoms. The summed E-state index contributed by atoms with van der Waals surface area (Å²) in [7, 11) is 0. The van der Waals surface area contributed by atoms with Crippen molar-refractivity contribution in [3.8, 4) is 11.5 Å². The molecule has 1 aliphatic carbocycles. The fourth-order valence-electron chi connectivity index (χ4n) is 3.48. The number of fused-ring (bicyclic) bond motifs is 1. The summed E-state index contributed by atoms with van der Waals surface area (Å²) in [5, 5.41) is 8.17. The molecular weight excluding hydrogens is 258 g/mol. The van der Waals surface area contributed by atoms with Crippen molar-refractivity contribution in [1.82, 2.24) is 15.0 Å². The van der Waals surface area contributed by atoms with Crippen LogP contribution >= 0.6 is 11.3 Å². The first-order valence-electron chi connectivity index (χ1n) is 6.96. The predicted molar refractivity (Wildman–Crippen MR) is 73.7 cm³/mol. The van der Waals surface area contributed by atoms with Crippen molar-refractivity contribution < 1.29 is 4.52 Å². The zero-order valence-corrected chi connectivity index (χ0v) is 11.6. The molecule has 1 saturated carbocycles. The first-order chi connectivity index (χ1) is 9.38. The van der Waals surface area contributed by atoms with Crippen molar-refractivity contribution >= 4 is 11.3 Å². The van der Waals surface area contributed by atoms with E-state index in [1.165, 1.54) is 32.4 Å². The molecule has 0 aromatic carbocycles. The van der Waals surface area contributed by atoms with Gasteiger partial charge in [0.1, 0.15) is 0 Å². The molecule has 0 spiro atoms. The summed E-state index contributed by atoms with van der Waals surface area (Å²) in [6.07, 6.45) is 4.24. The third-order valence-electron chi connectivity index (χ3n) is 4.40. The molecule has 0 bridgehead atoms. The van der Waals surface area contributed by atoms with E-state index in [2.05, 4.69) is 15.0 Å². The highest BCUT2D eigenvalue weighted by Gasteiger charge is 2.36. The van der Waals surface area contributed by atoms with Crippen LogP contribution in [0.2, 0.25) is 0 Å². The third kappa shape index (κ3) is 2.21. The van der Waals surface area contributed by atoms with Gasteiger partial charge in [-0.1, -0.05) is 11.6 Å². The predicted octanol–water partition coefficient (Wildman–Crippen LogP) is 3.03. The Kier molecular flexibility index (Phi) is 2.89. The van der Waals surface area contributed by atoms with Crippen LogP contribution in [0.4, 0.5) is 0 Å². The van der Waals surface area contributed by atoms with Crippen LogP contribution < -0.4 is 0 Å². The number of likely N-dealkylation sites (tertiary alicyclic amines) is 1. The number of hydrogen-bond acceptors (Lipinski definition) is 5. The Morgan fingerprint density at radius 1 is 1.32 bits per heavy atom. The monoisotopic (exact) mass is 275 g/mol. The SMILES string of the molecule is c1cc(-c2nc(CN3CC4CCCC4C3)no2)cs1. The van der Waals surface area contributed by atoms with E-state index in [0.29, 0.717) is 5.89 Å². The Hall–Kier alpha value is -1.20. The van der Waals surface area contributed by atoms with Crippen LogP contribution in [0.15, 0.2) is 21.3 Å². The minimum atomic E-state index is 0.649. The van der Waals surface area contributed by atoms with Crippen LogP contribution in [-0.4, -0.2) is 28.1 Å². The van der Waals surface area contributed by atoms with Crippen molar-refractivity contribution in [2.24, 2.45) is 11.8 Å². The smallest absolute Gasteiger partial charge is 0.258 e. The van der Waals surface area contributed by atoms with Crippen LogP contribution in [-0.2, 0) is 6.54 Å². The van der Waals surface area contributed by atoms with E-state index in [1.54, 1.807) is 11.3 Å². The van der Waals surface area contributed by atoms with E-state index in [4.69, 9.17) is 4.52 Å². The molecule has 0 amide bonds. The Balaban J connectivity index is 1.44. The van der Waals surface area contributed by atoms with Crippen molar-refractivity contribution in [2.75, 3.05) is 13.1 Å². The molecule has 0 N–H and O–H groups in total. The fraction of sp³-hybridized carbons (Fsp3) is 0.571. The quantitative estimate of drug-likeness (QED) is 0.863. The molecule has 2 aromatic heterocycles. The Bertz CT molecular complexity index is 539. The molecule has 1 saturated heterocycles. The van der Waals surface area contributed by atoms with Gasteiger partial charge < -0.3 is 4.52 Å². The summed E-state index contributed by atoms with van der Waals surface area (Å²) >= 11 is 1.65. The van der Waals surface area contributed by atoms with Crippen LogP contribution in [0.5, 0.6) is 0 Å². The lowest BCUT2D eigenvalue weighted by atomic mass is 10.0. The van der Waals surface area contributed by atoms with Gasteiger partial charge in [-0.25, -0.2) is 0 Å². The van der Waals surface area contributed by atoms with Gasteiger partial charge in [0.25, 0.3) is 5.89 Å². The molecule has 4 rings (SSSR count). The maximum absolute atomic E-state index is 5.33. The van der Waals surface area contributed by atoms with Crippen molar-refractivity contribution in [3.63, 3.8) is 0 Å². The van der Waals surface area contributed by atoms with Crippen LogP contribution in [0.1, 0.15) is 25.1 Å². The van der Waals surface area contributed by atoms with E-state index in [9.17, 15) is 0 Å². The van der Waals surface area contributed by atoms with Crippen molar-refractivity contribution in [1.29, 1.82) is 0 Å². The number of aromatic nitrogens is 2. The minimum Gasteiger partial charge on any atom is -0.334 e. The van der Waals surface area contributed by atoms with Crippen LogP contribution in [0, 0.1) is 11.8 Å². The molecule has 100 valence electrons. The maximum atomic E-state index is 5.33. The molecule has 2 aromatic rings. The van der Waals surface area contributed by atoms with E-state index in [-0.39, 0.29) is 0 Å². The largest absolute Gasteiger partial charge is 0.334 e. The minimum absolute atomic E-state index is 0.649. The van der Waals surface area contributed by atoms with Gasteiger partial charge in [-0.3, -0.25) is 4.90 Å². The number of hydrogen-bond donors (Lipinski definition) is 0. The highest BCUT2D eigenvalue weighted by molar-refractivity contribution is 7.08. The average molecular weight is 275 g/mol. The molecule has 2 atom stereocenters. The summed E-state index contributed by atoms with van der Waals surface area (Å²) in [5.74, 6) is 3.31. The van der Waals surface area contributed by atoms with Gasteiger partial charge >= 0.3 is 0 Å². The Morgan fingerprint density at radius 2 is 2.16 bits per heavy atom. The van der Waals surface area contributed by atoms with Gasteiger partial charge in [-0.2, -0.15) is 16.3 Å². The summed E-state index contributed by atoms with van der Waals surface area (Å²) in [6, 6.07) is 2.02. The topological polar surface area (TPSA) is 42.2 Å². The standard InChI is InChI=1S/C14H17N3OS/c1-2-10-6-17(7-11(10)3-1)8-13-15-14(18-16-13)12-4-5-19-9-12/h4-5,9-11H,1-3,6-8H2. The summed E-state index contributed by atoms with van der Waals surface area (Å²) in [6.45, 7) is 3.26. The Morgan fingerprint density at radius 3 is 2.89 bits per heavy atom. The molecule has 1 aliphatic heterocycles. The third-order valence-corrected chi connectivity index (χ3v) is 5.09. The lowest BCUT2D eigenvalue weighted by molar-refractivity contribution is 0.289. The molecular formula is C14H17N3OS. The van der Waals surface area contributed by atoms with Crippen molar-refractivity contribution in [2.45, 2.75) is 25.8 Å². The highest BCUT2D eigenvalue weighted by Crippen LogP contribution is 2.38. The summed E-state index contributed by atoms with van der Waals surface area (Å²) < 4.78 is 5.33. The second kappa shape index (κ2) is 4.72. The van der Waals surface area contributed by atoms with Gasteiger partial charge in [0.15, 0.2) is 5.82 Å². The average Bonchev–Trinajstić information content (AvgIpc) is 3.12. The lowest BCUT2D eigenvalue weighted by Gasteiger charge is -2.13. The molecule has 0 radical (unpaired) electrons. The van der Waals surface area contributed by atoms with Crippen molar-refractivity contribution in [3.05, 3.63) is 22.7 Å². The second-order valence-electron chi connectivity index (χ2n) is 5.67. The van der Waals surface area contributed by atoms with E-state index in [1.807, 2.05) is 16.8 Å². The zero-order chi connectivity index (χ0) is 12.7. The number of nitrogens with zero attached hydrogens (tertiary/aromatic N) is 3. The first-order valence-corrected chi connectivity index (χ1v) is 7.90. The summed E-state index contributed by atoms with van der Waals surface area (Å²) in [4.78, 5) is 6.98. The molecule has 4 nitrogen and oxygen atoms in total. The second-order valence-corrected chi connectivity index (χ2v) is 6.45. The van der Waals surface area contributed by atoms with Gasteiger partial charge in [0.2, 0.25) is 0 Å². The van der Waals surface area contributed by atoms with E-state index in [0.717, 1.165) is 29.8 Å². The zero-order valence-electron chi connectivity index (χ0n) is 10.8. The molecule has 3 heterocycles. The van der Waals surface area contributed by atoms with Gasteiger partial charge in [0, 0.05) is 18.5 Å². The van der Waals surface area contributed by atoms with Gasteiger partial charge in [-0.05, 0) is 36.1 Å². The molecule has 2 unspecified atom stereocenters. The fourth-order valence-corrected chi connectivity index (χ4v) is 4.11.